The molecule has 0 fully saturated rings. The van der Waals surface area contributed by atoms with Crippen LogP contribution in [0.25, 0.3) is 10.9 Å². The number of aromatic nitrogens is 1. The quantitative estimate of drug-likeness (QED) is 0.460. The van der Waals surface area contributed by atoms with Crippen LogP contribution in [0.1, 0.15) is 22.4 Å². The number of aromatic amines is 1. The van der Waals surface area contributed by atoms with E-state index in [9.17, 15) is 4.79 Å². The van der Waals surface area contributed by atoms with E-state index in [0.29, 0.717) is 6.54 Å². The minimum absolute atomic E-state index is 0.112. The fraction of sp³-hybridized carbons (Fsp3) is 0.222. The monoisotopic (exact) mass is 411 g/mol. The van der Waals surface area contributed by atoms with E-state index in [1.807, 2.05) is 56.3 Å². The van der Waals surface area contributed by atoms with Crippen molar-refractivity contribution in [2.45, 2.75) is 26.6 Å². The minimum Gasteiger partial charge on any atom is -0.378 e. The summed E-state index contributed by atoms with van der Waals surface area (Å²) < 4.78 is 0. The number of benzene rings is 3. The molecule has 0 unspecified atom stereocenters. The third kappa shape index (κ3) is 4.86. The molecule has 1 N–H and O–H groups in total. The van der Waals surface area contributed by atoms with E-state index in [1.54, 1.807) is 0 Å². The van der Waals surface area contributed by atoms with Gasteiger partial charge in [-0.3, -0.25) is 9.69 Å². The summed E-state index contributed by atoms with van der Waals surface area (Å²) in [5.74, 6) is 0. The molecule has 0 bridgehead atoms. The van der Waals surface area contributed by atoms with Gasteiger partial charge in [0, 0.05) is 61.6 Å². The average Bonchev–Trinajstić information content (AvgIpc) is 2.77. The van der Waals surface area contributed by atoms with E-state index in [2.05, 4.69) is 58.4 Å². The highest BCUT2D eigenvalue weighted by Gasteiger charge is 2.15. The lowest BCUT2D eigenvalue weighted by Gasteiger charge is -2.24. The second kappa shape index (κ2) is 9.19. The van der Waals surface area contributed by atoms with E-state index in [-0.39, 0.29) is 5.43 Å². The average molecular weight is 412 g/mol. The van der Waals surface area contributed by atoms with Gasteiger partial charge in [0.2, 0.25) is 0 Å². The van der Waals surface area contributed by atoms with Crippen molar-refractivity contribution in [3.05, 3.63) is 111 Å². The van der Waals surface area contributed by atoms with Crippen LogP contribution >= 0.6 is 0 Å². The van der Waals surface area contributed by atoms with Crippen LogP contribution in [0, 0.1) is 6.92 Å². The molecule has 0 amide bonds. The molecule has 0 atom stereocenters. The van der Waals surface area contributed by atoms with Crippen molar-refractivity contribution < 1.29 is 0 Å². The molecule has 0 aliphatic heterocycles. The number of nitrogens with one attached hydrogen (secondary N) is 1. The Bertz CT molecular complexity index is 1170. The lowest BCUT2D eigenvalue weighted by atomic mass is 10.1. The first-order valence-corrected chi connectivity index (χ1v) is 10.6. The maximum absolute atomic E-state index is 13.5. The third-order valence-corrected chi connectivity index (χ3v) is 5.69. The van der Waals surface area contributed by atoms with Crippen LogP contribution in [0.5, 0.6) is 0 Å². The largest absolute Gasteiger partial charge is 0.378 e. The summed E-state index contributed by atoms with van der Waals surface area (Å²) in [5.41, 5.74) is 6.26. The van der Waals surface area contributed by atoms with Gasteiger partial charge in [-0.1, -0.05) is 60.7 Å². The van der Waals surface area contributed by atoms with Crippen LogP contribution in [-0.4, -0.2) is 24.0 Å². The maximum atomic E-state index is 13.5. The van der Waals surface area contributed by atoms with Gasteiger partial charge >= 0.3 is 0 Å². The lowest BCUT2D eigenvalue weighted by molar-refractivity contribution is 0.246. The van der Waals surface area contributed by atoms with Gasteiger partial charge in [0.05, 0.1) is 0 Å². The number of hydrogen-bond acceptors (Lipinski definition) is 3. The van der Waals surface area contributed by atoms with Crippen molar-refractivity contribution in [3.8, 4) is 0 Å². The van der Waals surface area contributed by atoms with E-state index in [0.717, 1.165) is 40.9 Å². The zero-order valence-electron chi connectivity index (χ0n) is 18.4. The van der Waals surface area contributed by atoms with Gasteiger partial charge in [0.25, 0.3) is 0 Å². The summed E-state index contributed by atoms with van der Waals surface area (Å²) in [5, 5.41) is 0.742. The number of pyridine rings is 1. The molecular formula is C27H29N3O. The van der Waals surface area contributed by atoms with Crippen molar-refractivity contribution in [2.24, 2.45) is 0 Å². The topological polar surface area (TPSA) is 39.3 Å². The Balaban J connectivity index is 1.71. The molecule has 4 nitrogen and oxygen atoms in total. The minimum atomic E-state index is 0.112. The van der Waals surface area contributed by atoms with Crippen molar-refractivity contribution >= 4 is 16.6 Å². The fourth-order valence-corrected chi connectivity index (χ4v) is 3.98. The Morgan fingerprint density at radius 3 is 1.90 bits per heavy atom. The van der Waals surface area contributed by atoms with Crippen LogP contribution < -0.4 is 10.3 Å². The van der Waals surface area contributed by atoms with Crippen molar-refractivity contribution in [3.63, 3.8) is 0 Å². The van der Waals surface area contributed by atoms with Crippen LogP contribution in [0.15, 0.2) is 83.7 Å². The van der Waals surface area contributed by atoms with Gasteiger partial charge in [0.1, 0.15) is 0 Å². The van der Waals surface area contributed by atoms with Gasteiger partial charge in [-0.05, 0) is 36.2 Å². The van der Waals surface area contributed by atoms with Crippen LogP contribution in [0.3, 0.4) is 0 Å². The van der Waals surface area contributed by atoms with Gasteiger partial charge in [-0.15, -0.1) is 0 Å². The lowest BCUT2D eigenvalue weighted by Crippen LogP contribution is -2.27. The smallest absolute Gasteiger partial charge is 0.194 e. The van der Waals surface area contributed by atoms with Crippen molar-refractivity contribution in [1.82, 2.24) is 9.88 Å². The molecule has 158 valence electrons. The third-order valence-electron chi connectivity index (χ3n) is 5.69. The SMILES string of the molecule is Cc1[nH]c2ccc(N(C)C)cc2c(=O)c1CN(Cc1ccccc1)Cc1ccccc1. The van der Waals surface area contributed by atoms with E-state index >= 15 is 0 Å². The highest BCUT2D eigenvalue weighted by Crippen LogP contribution is 2.20. The highest BCUT2D eigenvalue weighted by atomic mass is 16.1. The fourth-order valence-electron chi connectivity index (χ4n) is 3.98. The Hall–Kier alpha value is -3.37. The molecule has 0 radical (unpaired) electrons. The summed E-state index contributed by atoms with van der Waals surface area (Å²) in [6.45, 7) is 4.15. The molecule has 0 aliphatic carbocycles. The first-order valence-electron chi connectivity index (χ1n) is 10.6. The molecule has 0 aliphatic rings. The zero-order valence-corrected chi connectivity index (χ0v) is 18.4. The summed E-state index contributed by atoms with van der Waals surface area (Å²) in [6.07, 6.45) is 0. The standard InChI is InChI=1S/C27H29N3O/c1-20-25(27(31)24-16-23(29(2)3)14-15-26(24)28-20)19-30(17-21-10-6-4-7-11-21)18-22-12-8-5-9-13-22/h4-16H,17-19H2,1-3H3,(H,28,31). The number of H-pyrrole nitrogens is 1. The summed E-state index contributed by atoms with van der Waals surface area (Å²) >= 11 is 0. The number of fused-ring (bicyclic) bond motifs is 1. The second-order valence-corrected chi connectivity index (χ2v) is 8.30. The van der Waals surface area contributed by atoms with Crippen molar-refractivity contribution in [2.75, 3.05) is 19.0 Å². The Labute approximate surface area is 183 Å². The molecule has 4 rings (SSSR count). The molecule has 31 heavy (non-hydrogen) atoms. The number of aryl methyl sites for hydroxylation is 1. The number of rotatable bonds is 7. The van der Waals surface area contributed by atoms with E-state index < -0.39 is 0 Å². The summed E-state index contributed by atoms with van der Waals surface area (Å²) in [7, 11) is 3.98. The van der Waals surface area contributed by atoms with Crippen molar-refractivity contribution in [1.29, 1.82) is 0 Å². The van der Waals surface area contributed by atoms with Gasteiger partial charge in [0.15, 0.2) is 5.43 Å². The molecule has 4 aromatic rings. The molecular weight excluding hydrogens is 382 g/mol. The first-order chi connectivity index (χ1) is 15.0. The Kier molecular flexibility index (Phi) is 6.19. The maximum Gasteiger partial charge on any atom is 0.194 e. The van der Waals surface area contributed by atoms with E-state index in [4.69, 9.17) is 0 Å². The molecule has 0 saturated heterocycles. The first kappa shape index (κ1) is 20.9. The predicted molar refractivity (Wildman–Crippen MR) is 129 cm³/mol. The second-order valence-electron chi connectivity index (χ2n) is 8.30. The predicted octanol–water partition coefficient (Wildman–Crippen LogP) is 5.10. The molecule has 4 heteroatoms. The van der Waals surface area contributed by atoms with Crippen LogP contribution in [0.2, 0.25) is 0 Å². The zero-order chi connectivity index (χ0) is 21.8. The summed E-state index contributed by atoms with van der Waals surface area (Å²) in [4.78, 5) is 21.3. The van der Waals surface area contributed by atoms with E-state index in [1.165, 1.54) is 11.1 Å². The van der Waals surface area contributed by atoms with Gasteiger partial charge in [-0.2, -0.15) is 0 Å². The normalized spacial score (nSPS) is 11.2. The summed E-state index contributed by atoms with van der Waals surface area (Å²) in [6, 6.07) is 26.9. The molecule has 0 spiro atoms. The molecule has 3 aromatic carbocycles. The molecule has 0 saturated carbocycles. The number of anilines is 1. The van der Waals surface area contributed by atoms with Gasteiger partial charge < -0.3 is 9.88 Å². The number of nitrogens with zero attached hydrogens (tertiary/aromatic N) is 2. The molecule has 1 aromatic heterocycles. The molecule has 1 heterocycles. The van der Waals surface area contributed by atoms with Gasteiger partial charge in [-0.25, -0.2) is 0 Å². The Morgan fingerprint density at radius 2 is 1.35 bits per heavy atom. The Morgan fingerprint density at radius 1 is 0.774 bits per heavy atom. The van der Waals surface area contributed by atoms with Crippen LogP contribution in [-0.2, 0) is 19.6 Å². The highest BCUT2D eigenvalue weighted by molar-refractivity contribution is 5.83. The van der Waals surface area contributed by atoms with Crippen LogP contribution in [0.4, 0.5) is 5.69 Å². The number of hydrogen-bond donors (Lipinski definition) is 1.